The van der Waals surface area contributed by atoms with Crippen molar-refractivity contribution in [3.63, 3.8) is 0 Å². The predicted octanol–water partition coefficient (Wildman–Crippen LogP) is 3.30. The van der Waals surface area contributed by atoms with Crippen molar-refractivity contribution in [3.05, 3.63) is 63.6 Å². The van der Waals surface area contributed by atoms with Gasteiger partial charge >= 0.3 is 6.03 Å². The average Bonchev–Trinajstić information content (AvgIpc) is 2.86. The number of carbonyl (C=O) groups excluding carboxylic acids is 2. The molecule has 1 atom stereocenters. The summed E-state index contributed by atoms with van der Waals surface area (Å²) >= 11 is 3.39. The second kappa shape index (κ2) is 6.81. The number of hydrogen-bond acceptors (Lipinski definition) is 4. The van der Waals surface area contributed by atoms with Crippen LogP contribution in [0.15, 0.2) is 46.9 Å². The maximum Gasteiger partial charge on any atom is 0.325 e. The fraction of sp³-hybridized carbons (Fsp3) is 0.211. The van der Waals surface area contributed by atoms with E-state index in [0.29, 0.717) is 16.9 Å². The second-order valence-electron chi connectivity index (χ2n) is 6.09. The minimum absolute atomic E-state index is 0.0964. The Morgan fingerprint density at radius 1 is 1.23 bits per heavy atom. The third-order valence-electron chi connectivity index (χ3n) is 4.44. The number of benzene rings is 2. The molecule has 3 amide bonds. The topological polar surface area (TPSA) is 82.4 Å². The molecule has 1 heterocycles. The van der Waals surface area contributed by atoms with Gasteiger partial charge in [-0.1, -0.05) is 28.1 Å². The van der Waals surface area contributed by atoms with Gasteiger partial charge in [0.25, 0.3) is 5.91 Å². The van der Waals surface area contributed by atoms with Gasteiger partial charge in [0.05, 0.1) is 25.3 Å². The van der Waals surface area contributed by atoms with Crippen LogP contribution in [0.5, 0.6) is 5.75 Å². The number of nitrogens with zero attached hydrogens (tertiary/aromatic N) is 2. The number of rotatable bonds is 4. The number of hydrogen-bond donors (Lipinski definition) is 1. The standard InChI is InChI=1S/C19H16BrN3O3/c1-19(14-5-3-12(10-21)4-6-14)17(24)23(18(25)22-19)11-13-9-15(20)7-8-16(13)26-2/h3-9H,11H2,1-2H3,(H,22,25). The van der Waals surface area contributed by atoms with Crippen LogP contribution in [0.2, 0.25) is 0 Å². The van der Waals surface area contributed by atoms with Crippen molar-refractivity contribution in [1.29, 1.82) is 5.26 Å². The number of nitrogens with one attached hydrogen (secondary N) is 1. The van der Waals surface area contributed by atoms with Crippen molar-refractivity contribution in [1.82, 2.24) is 10.2 Å². The molecule has 0 spiro atoms. The summed E-state index contributed by atoms with van der Waals surface area (Å²) in [6.07, 6.45) is 0. The van der Waals surface area contributed by atoms with Gasteiger partial charge in [-0.25, -0.2) is 4.79 Å². The summed E-state index contributed by atoms with van der Waals surface area (Å²) in [5.74, 6) is 0.245. The lowest BCUT2D eigenvalue weighted by atomic mass is 9.91. The van der Waals surface area contributed by atoms with E-state index in [9.17, 15) is 9.59 Å². The number of nitriles is 1. The molecule has 3 rings (SSSR count). The molecule has 2 aromatic rings. The maximum atomic E-state index is 13.0. The average molecular weight is 414 g/mol. The fourth-order valence-corrected chi connectivity index (χ4v) is 3.36. The lowest BCUT2D eigenvalue weighted by Crippen LogP contribution is -2.40. The molecule has 1 fully saturated rings. The minimum atomic E-state index is -1.18. The lowest BCUT2D eigenvalue weighted by molar-refractivity contribution is -0.131. The van der Waals surface area contributed by atoms with Crippen molar-refractivity contribution >= 4 is 27.9 Å². The first-order valence-corrected chi connectivity index (χ1v) is 8.65. The van der Waals surface area contributed by atoms with Crippen LogP contribution < -0.4 is 10.1 Å². The monoisotopic (exact) mass is 413 g/mol. The Bertz CT molecular complexity index is 921. The number of carbonyl (C=O) groups is 2. The molecule has 2 aromatic carbocycles. The van der Waals surface area contributed by atoms with Crippen molar-refractivity contribution in [3.8, 4) is 11.8 Å². The highest BCUT2D eigenvalue weighted by Crippen LogP contribution is 2.32. The molecule has 0 radical (unpaired) electrons. The summed E-state index contributed by atoms with van der Waals surface area (Å²) in [4.78, 5) is 26.7. The van der Waals surface area contributed by atoms with Crippen molar-refractivity contribution in [2.75, 3.05) is 7.11 Å². The largest absolute Gasteiger partial charge is 0.496 e. The quantitative estimate of drug-likeness (QED) is 0.779. The van der Waals surface area contributed by atoms with Crippen molar-refractivity contribution < 1.29 is 14.3 Å². The molecular formula is C19H16BrN3O3. The van der Waals surface area contributed by atoms with E-state index in [1.807, 2.05) is 18.2 Å². The fourth-order valence-electron chi connectivity index (χ4n) is 2.96. The smallest absolute Gasteiger partial charge is 0.325 e. The number of halogens is 1. The van der Waals surface area contributed by atoms with E-state index in [4.69, 9.17) is 10.00 Å². The van der Waals surface area contributed by atoms with Crippen LogP contribution in [0.4, 0.5) is 4.79 Å². The van der Waals surface area contributed by atoms with Gasteiger partial charge < -0.3 is 10.1 Å². The Morgan fingerprint density at radius 2 is 1.92 bits per heavy atom. The number of amides is 3. The third-order valence-corrected chi connectivity index (χ3v) is 4.93. The molecule has 132 valence electrons. The summed E-state index contributed by atoms with van der Waals surface area (Å²) in [5.41, 5.74) is 0.655. The highest BCUT2D eigenvalue weighted by Gasteiger charge is 2.49. The van der Waals surface area contributed by atoms with Gasteiger partial charge in [0.15, 0.2) is 0 Å². The molecule has 1 unspecified atom stereocenters. The van der Waals surface area contributed by atoms with Crippen molar-refractivity contribution in [2.45, 2.75) is 19.0 Å². The van der Waals surface area contributed by atoms with Gasteiger partial charge in [0.2, 0.25) is 0 Å². The number of urea groups is 1. The van der Waals surface area contributed by atoms with E-state index in [0.717, 1.165) is 10.0 Å². The molecule has 6 nitrogen and oxygen atoms in total. The van der Waals surface area contributed by atoms with Gasteiger partial charge in [-0.2, -0.15) is 5.26 Å². The summed E-state index contributed by atoms with van der Waals surface area (Å²) < 4.78 is 6.15. The van der Waals surface area contributed by atoms with Gasteiger partial charge in [-0.3, -0.25) is 9.69 Å². The summed E-state index contributed by atoms with van der Waals surface area (Å²) in [6.45, 7) is 1.76. The molecule has 1 saturated heterocycles. The Hall–Kier alpha value is -2.85. The van der Waals surface area contributed by atoms with Gasteiger partial charge in [0.1, 0.15) is 11.3 Å². The Morgan fingerprint density at radius 3 is 2.54 bits per heavy atom. The molecule has 0 bridgehead atoms. The zero-order valence-electron chi connectivity index (χ0n) is 14.2. The Balaban J connectivity index is 1.91. The van der Waals surface area contributed by atoms with E-state index in [1.54, 1.807) is 44.4 Å². The minimum Gasteiger partial charge on any atom is -0.496 e. The molecule has 26 heavy (non-hydrogen) atoms. The van der Waals surface area contributed by atoms with Crippen LogP contribution in [-0.2, 0) is 16.9 Å². The first kappa shape index (κ1) is 18.0. The van der Waals surface area contributed by atoms with E-state index < -0.39 is 11.6 Å². The summed E-state index contributed by atoms with van der Waals surface area (Å²) in [5, 5.41) is 11.7. The number of ether oxygens (including phenoxy) is 1. The highest BCUT2D eigenvalue weighted by molar-refractivity contribution is 9.10. The van der Waals surface area contributed by atoms with E-state index in [2.05, 4.69) is 21.2 Å². The molecule has 1 aliphatic heterocycles. The molecular weight excluding hydrogens is 398 g/mol. The third kappa shape index (κ3) is 3.04. The van der Waals surface area contributed by atoms with Crippen LogP contribution in [0.1, 0.15) is 23.6 Å². The molecule has 0 aliphatic carbocycles. The molecule has 0 aromatic heterocycles. The van der Waals surface area contributed by atoms with Gasteiger partial charge in [-0.15, -0.1) is 0 Å². The molecule has 1 aliphatic rings. The van der Waals surface area contributed by atoms with E-state index in [1.165, 1.54) is 4.90 Å². The summed E-state index contributed by atoms with van der Waals surface area (Å²) in [7, 11) is 1.54. The lowest BCUT2D eigenvalue weighted by Gasteiger charge is -2.22. The Labute approximate surface area is 159 Å². The normalized spacial score (nSPS) is 19.2. The SMILES string of the molecule is COc1ccc(Br)cc1CN1C(=O)NC(C)(c2ccc(C#N)cc2)C1=O. The predicted molar refractivity (Wildman–Crippen MR) is 98.3 cm³/mol. The van der Waals surface area contributed by atoms with Gasteiger partial charge in [0, 0.05) is 10.0 Å². The van der Waals surface area contributed by atoms with Crippen LogP contribution in [0.3, 0.4) is 0 Å². The Kier molecular flexibility index (Phi) is 4.70. The van der Waals surface area contributed by atoms with Crippen LogP contribution in [-0.4, -0.2) is 23.9 Å². The highest BCUT2D eigenvalue weighted by atomic mass is 79.9. The zero-order valence-corrected chi connectivity index (χ0v) is 15.8. The maximum absolute atomic E-state index is 13.0. The van der Waals surface area contributed by atoms with Crippen LogP contribution >= 0.6 is 15.9 Å². The second-order valence-corrected chi connectivity index (χ2v) is 7.01. The number of imide groups is 1. The first-order chi connectivity index (χ1) is 12.4. The van der Waals surface area contributed by atoms with E-state index >= 15 is 0 Å². The first-order valence-electron chi connectivity index (χ1n) is 7.86. The van der Waals surface area contributed by atoms with Crippen LogP contribution in [0.25, 0.3) is 0 Å². The zero-order chi connectivity index (χ0) is 18.9. The molecule has 1 N–H and O–H groups in total. The van der Waals surface area contributed by atoms with Crippen molar-refractivity contribution in [2.24, 2.45) is 0 Å². The van der Waals surface area contributed by atoms with Crippen LogP contribution in [0, 0.1) is 11.3 Å². The molecule has 7 heteroatoms. The van der Waals surface area contributed by atoms with Gasteiger partial charge in [-0.05, 0) is 42.8 Å². The summed E-state index contributed by atoms with van der Waals surface area (Å²) in [6, 6.07) is 13.6. The number of methoxy groups -OCH3 is 1. The van der Waals surface area contributed by atoms with E-state index in [-0.39, 0.29) is 12.5 Å². The molecule has 0 saturated carbocycles.